The molecular formula is C12H12BrN5O. The number of amides is 1. The highest BCUT2D eigenvalue weighted by molar-refractivity contribution is 9.10. The van der Waals surface area contributed by atoms with Crippen LogP contribution in [0.25, 0.3) is 0 Å². The van der Waals surface area contributed by atoms with Gasteiger partial charge in [0.1, 0.15) is 5.69 Å². The SMILES string of the molecule is Cc1cc(Br)cc(NC(=O)c2cncc(NN)n2)c1. The molecule has 4 N–H and O–H groups in total. The van der Waals surface area contributed by atoms with Gasteiger partial charge >= 0.3 is 0 Å². The molecule has 0 saturated carbocycles. The van der Waals surface area contributed by atoms with E-state index in [0.717, 1.165) is 10.0 Å². The molecule has 0 spiro atoms. The van der Waals surface area contributed by atoms with E-state index in [1.807, 2.05) is 25.1 Å². The van der Waals surface area contributed by atoms with Crippen molar-refractivity contribution in [2.45, 2.75) is 6.92 Å². The largest absolute Gasteiger partial charge is 0.321 e. The molecule has 0 saturated heterocycles. The van der Waals surface area contributed by atoms with E-state index < -0.39 is 0 Å². The molecule has 19 heavy (non-hydrogen) atoms. The number of nitrogen functional groups attached to an aromatic ring is 1. The molecular weight excluding hydrogens is 310 g/mol. The number of carbonyl (C=O) groups excluding carboxylic acids is 1. The standard InChI is InChI=1S/C12H12BrN5O/c1-7-2-8(13)4-9(3-7)16-12(19)10-5-15-6-11(17-10)18-14/h2-6H,14H2,1H3,(H,16,19)(H,17,18). The first-order valence-corrected chi connectivity index (χ1v) is 6.25. The van der Waals surface area contributed by atoms with Gasteiger partial charge in [-0.05, 0) is 30.7 Å². The van der Waals surface area contributed by atoms with Crippen LogP contribution < -0.4 is 16.6 Å². The highest BCUT2D eigenvalue weighted by Gasteiger charge is 2.09. The summed E-state index contributed by atoms with van der Waals surface area (Å²) in [5.41, 5.74) is 4.25. The molecule has 7 heteroatoms. The molecule has 0 aliphatic heterocycles. The second-order valence-electron chi connectivity index (χ2n) is 3.91. The quantitative estimate of drug-likeness (QED) is 0.594. The average Bonchev–Trinajstić information content (AvgIpc) is 2.37. The lowest BCUT2D eigenvalue weighted by molar-refractivity contribution is 0.102. The van der Waals surface area contributed by atoms with Crippen molar-refractivity contribution in [1.82, 2.24) is 9.97 Å². The Balaban J connectivity index is 2.20. The van der Waals surface area contributed by atoms with E-state index in [1.54, 1.807) is 0 Å². The van der Waals surface area contributed by atoms with Gasteiger partial charge in [0, 0.05) is 10.2 Å². The van der Waals surface area contributed by atoms with E-state index in [4.69, 9.17) is 5.84 Å². The number of aryl methyl sites for hydroxylation is 1. The Morgan fingerprint density at radius 2 is 2.11 bits per heavy atom. The molecule has 0 bridgehead atoms. The average molecular weight is 322 g/mol. The van der Waals surface area contributed by atoms with Crippen LogP contribution in [0.4, 0.5) is 11.5 Å². The number of hydrogen-bond donors (Lipinski definition) is 3. The van der Waals surface area contributed by atoms with Crippen molar-refractivity contribution >= 4 is 33.3 Å². The Labute approximate surface area is 118 Å². The van der Waals surface area contributed by atoms with Gasteiger partial charge in [0.2, 0.25) is 0 Å². The van der Waals surface area contributed by atoms with Crippen molar-refractivity contribution in [2.24, 2.45) is 5.84 Å². The number of nitrogens with zero attached hydrogens (tertiary/aromatic N) is 2. The van der Waals surface area contributed by atoms with Crippen LogP contribution in [0.15, 0.2) is 35.1 Å². The number of nitrogens with two attached hydrogens (primary N) is 1. The number of anilines is 2. The van der Waals surface area contributed by atoms with Gasteiger partial charge < -0.3 is 10.7 Å². The third kappa shape index (κ3) is 3.49. The van der Waals surface area contributed by atoms with E-state index in [0.29, 0.717) is 11.5 Å². The maximum Gasteiger partial charge on any atom is 0.275 e. The number of halogens is 1. The molecule has 1 heterocycles. The van der Waals surface area contributed by atoms with Crippen molar-refractivity contribution in [1.29, 1.82) is 0 Å². The van der Waals surface area contributed by atoms with Gasteiger partial charge in [0.25, 0.3) is 5.91 Å². The molecule has 1 amide bonds. The maximum atomic E-state index is 12.0. The predicted molar refractivity (Wildman–Crippen MR) is 76.7 cm³/mol. The first-order valence-electron chi connectivity index (χ1n) is 5.45. The van der Waals surface area contributed by atoms with Crippen LogP contribution in [0.5, 0.6) is 0 Å². The van der Waals surface area contributed by atoms with Gasteiger partial charge in [-0.25, -0.2) is 10.8 Å². The third-order valence-corrected chi connectivity index (χ3v) is 2.77. The normalized spacial score (nSPS) is 10.1. The van der Waals surface area contributed by atoms with Crippen LogP contribution in [0, 0.1) is 6.92 Å². The summed E-state index contributed by atoms with van der Waals surface area (Å²) in [6.45, 7) is 1.94. The minimum atomic E-state index is -0.345. The Hall–Kier alpha value is -1.99. The molecule has 0 aliphatic rings. The summed E-state index contributed by atoms with van der Waals surface area (Å²) in [4.78, 5) is 19.9. The Morgan fingerprint density at radius 1 is 1.32 bits per heavy atom. The maximum absolute atomic E-state index is 12.0. The number of nitrogens with one attached hydrogen (secondary N) is 2. The molecule has 0 unspecified atom stereocenters. The summed E-state index contributed by atoms with van der Waals surface area (Å²) in [7, 11) is 0. The van der Waals surface area contributed by atoms with Gasteiger partial charge in [0.15, 0.2) is 5.82 Å². The zero-order valence-electron chi connectivity index (χ0n) is 10.1. The molecule has 0 atom stereocenters. The fourth-order valence-corrected chi connectivity index (χ4v) is 2.16. The monoisotopic (exact) mass is 321 g/mol. The lowest BCUT2D eigenvalue weighted by atomic mass is 10.2. The molecule has 6 nitrogen and oxygen atoms in total. The topological polar surface area (TPSA) is 92.9 Å². The lowest BCUT2D eigenvalue weighted by Crippen LogP contribution is -2.16. The van der Waals surface area contributed by atoms with Crippen LogP contribution >= 0.6 is 15.9 Å². The van der Waals surface area contributed by atoms with Gasteiger partial charge in [-0.3, -0.25) is 9.78 Å². The number of benzene rings is 1. The van der Waals surface area contributed by atoms with Crippen LogP contribution in [0.2, 0.25) is 0 Å². The molecule has 2 rings (SSSR count). The van der Waals surface area contributed by atoms with E-state index >= 15 is 0 Å². The first-order chi connectivity index (χ1) is 9.08. The number of carbonyl (C=O) groups is 1. The number of hydrogen-bond acceptors (Lipinski definition) is 5. The van der Waals surface area contributed by atoms with Crippen molar-refractivity contribution in [2.75, 3.05) is 10.7 Å². The summed E-state index contributed by atoms with van der Waals surface area (Å²) in [5, 5.41) is 2.75. The Morgan fingerprint density at radius 3 is 2.79 bits per heavy atom. The summed E-state index contributed by atoms with van der Waals surface area (Å²) in [5.74, 6) is 5.21. The Bertz CT molecular complexity index is 597. The van der Waals surface area contributed by atoms with Gasteiger partial charge in [-0.2, -0.15) is 0 Å². The lowest BCUT2D eigenvalue weighted by Gasteiger charge is -2.07. The second-order valence-corrected chi connectivity index (χ2v) is 4.82. The van der Waals surface area contributed by atoms with Crippen molar-refractivity contribution in [3.8, 4) is 0 Å². The molecule has 0 aliphatic carbocycles. The minimum Gasteiger partial charge on any atom is -0.321 e. The zero-order valence-corrected chi connectivity index (χ0v) is 11.7. The molecule has 2 aromatic rings. The molecule has 0 radical (unpaired) electrons. The fraction of sp³-hybridized carbons (Fsp3) is 0.0833. The fourth-order valence-electron chi connectivity index (χ4n) is 1.55. The molecule has 0 fully saturated rings. The summed E-state index contributed by atoms with van der Waals surface area (Å²) in [6, 6.07) is 5.62. The minimum absolute atomic E-state index is 0.188. The van der Waals surface area contributed by atoms with E-state index in [9.17, 15) is 4.79 Å². The van der Waals surface area contributed by atoms with Gasteiger partial charge in [-0.1, -0.05) is 15.9 Å². The first kappa shape index (κ1) is 13.4. The van der Waals surface area contributed by atoms with Crippen LogP contribution in [-0.2, 0) is 0 Å². The number of aromatic nitrogens is 2. The van der Waals surface area contributed by atoms with Crippen molar-refractivity contribution < 1.29 is 4.79 Å². The summed E-state index contributed by atoms with van der Waals surface area (Å²) in [6.07, 6.45) is 2.81. The summed E-state index contributed by atoms with van der Waals surface area (Å²) < 4.78 is 0.895. The van der Waals surface area contributed by atoms with Crippen LogP contribution in [-0.4, -0.2) is 15.9 Å². The van der Waals surface area contributed by atoms with Gasteiger partial charge in [-0.15, -0.1) is 0 Å². The van der Waals surface area contributed by atoms with Crippen LogP contribution in [0.1, 0.15) is 16.1 Å². The number of hydrazine groups is 1. The molecule has 1 aromatic carbocycles. The number of rotatable bonds is 3. The predicted octanol–water partition coefficient (Wildman–Crippen LogP) is 2.09. The van der Waals surface area contributed by atoms with Crippen molar-refractivity contribution in [3.05, 3.63) is 46.3 Å². The third-order valence-electron chi connectivity index (χ3n) is 2.32. The highest BCUT2D eigenvalue weighted by Crippen LogP contribution is 2.19. The van der Waals surface area contributed by atoms with Crippen molar-refractivity contribution in [3.63, 3.8) is 0 Å². The smallest absolute Gasteiger partial charge is 0.275 e. The molecule has 98 valence electrons. The van der Waals surface area contributed by atoms with Gasteiger partial charge in [0.05, 0.1) is 12.4 Å². The van der Waals surface area contributed by atoms with E-state index in [2.05, 4.69) is 36.6 Å². The van der Waals surface area contributed by atoms with E-state index in [-0.39, 0.29) is 11.6 Å². The van der Waals surface area contributed by atoms with E-state index in [1.165, 1.54) is 12.4 Å². The zero-order chi connectivity index (χ0) is 13.8. The highest BCUT2D eigenvalue weighted by atomic mass is 79.9. The Kier molecular flexibility index (Phi) is 4.08. The second kappa shape index (κ2) is 5.77. The van der Waals surface area contributed by atoms with Crippen LogP contribution in [0.3, 0.4) is 0 Å². The molecule has 1 aromatic heterocycles. The summed E-state index contributed by atoms with van der Waals surface area (Å²) >= 11 is 3.38.